The van der Waals surface area contributed by atoms with Crippen LogP contribution in [0.1, 0.15) is 39.8 Å². The van der Waals surface area contributed by atoms with E-state index in [0.29, 0.717) is 25.3 Å². The second-order valence-electron chi connectivity index (χ2n) is 7.65. The Morgan fingerprint density at radius 3 is 2.72 bits per heavy atom. The number of nitrogens with zero attached hydrogens (tertiary/aromatic N) is 5. The van der Waals surface area contributed by atoms with E-state index in [2.05, 4.69) is 11.2 Å². The number of aromatic nitrogens is 2. The Balaban J connectivity index is 1.85. The number of rotatable bonds is 1. The molecule has 1 aromatic rings. The fourth-order valence-electron chi connectivity index (χ4n) is 3.20. The Morgan fingerprint density at radius 2 is 2.12 bits per heavy atom. The van der Waals surface area contributed by atoms with Crippen LogP contribution >= 0.6 is 0 Å². The predicted octanol–water partition coefficient (Wildman–Crippen LogP) is 1.90. The van der Waals surface area contributed by atoms with Crippen LogP contribution in [0, 0.1) is 17.2 Å². The van der Waals surface area contributed by atoms with Crippen molar-refractivity contribution < 1.29 is 14.3 Å². The third-order valence-corrected chi connectivity index (χ3v) is 4.44. The zero-order valence-electron chi connectivity index (χ0n) is 15.0. The number of nitriles is 1. The lowest BCUT2D eigenvalue weighted by Gasteiger charge is -2.36. The van der Waals surface area contributed by atoms with Crippen molar-refractivity contribution in [1.82, 2.24) is 14.7 Å². The predicted molar refractivity (Wildman–Crippen MR) is 89.5 cm³/mol. The fourth-order valence-corrected chi connectivity index (χ4v) is 3.20. The highest BCUT2D eigenvalue weighted by molar-refractivity contribution is 5.96. The Kier molecular flexibility index (Phi) is 4.19. The van der Waals surface area contributed by atoms with E-state index in [9.17, 15) is 9.59 Å². The Labute approximate surface area is 146 Å². The monoisotopic (exact) mass is 345 g/mol. The molecule has 2 amide bonds. The molecule has 2 aliphatic rings. The molecule has 25 heavy (non-hydrogen) atoms. The molecular formula is C17H23N5O3. The van der Waals surface area contributed by atoms with Gasteiger partial charge in [0.15, 0.2) is 0 Å². The number of hydrogen-bond donors (Lipinski definition) is 0. The van der Waals surface area contributed by atoms with E-state index >= 15 is 0 Å². The summed E-state index contributed by atoms with van der Waals surface area (Å²) in [7, 11) is 0. The van der Waals surface area contributed by atoms with Gasteiger partial charge in [-0.05, 0) is 27.7 Å². The molecule has 3 rings (SSSR count). The minimum Gasteiger partial charge on any atom is -0.444 e. The second-order valence-corrected chi connectivity index (χ2v) is 7.65. The Bertz CT molecular complexity index is 742. The van der Waals surface area contributed by atoms with E-state index < -0.39 is 5.60 Å². The van der Waals surface area contributed by atoms with Crippen LogP contribution in [-0.2, 0) is 22.6 Å². The van der Waals surface area contributed by atoms with Crippen molar-refractivity contribution in [2.24, 2.45) is 5.92 Å². The van der Waals surface area contributed by atoms with Crippen LogP contribution in [-0.4, -0.2) is 44.9 Å². The van der Waals surface area contributed by atoms with E-state index in [1.54, 1.807) is 16.0 Å². The van der Waals surface area contributed by atoms with Gasteiger partial charge in [-0.3, -0.25) is 14.4 Å². The van der Waals surface area contributed by atoms with Gasteiger partial charge in [0.2, 0.25) is 5.91 Å². The van der Waals surface area contributed by atoms with E-state index in [-0.39, 0.29) is 30.4 Å². The normalized spacial score (nSPS) is 23.4. The average Bonchev–Trinajstić information content (AvgIpc) is 3.07. The summed E-state index contributed by atoms with van der Waals surface area (Å²) in [4.78, 5) is 28.0. The van der Waals surface area contributed by atoms with Gasteiger partial charge >= 0.3 is 6.09 Å². The standard InChI is InChI=1S/C17H23N5O3/c1-11-8-22-14(10-20(11)16(24)25-17(2,3)4)13(7-19-22)21-9-12(6-18)5-15(21)23/h7,11-12H,5,8-10H2,1-4H3/t11-,12?/m0/s1. The molecule has 0 bridgehead atoms. The number of carbonyl (C=O) groups is 2. The minimum atomic E-state index is -0.567. The molecule has 0 radical (unpaired) electrons. The van der Waals surface area contributed by atoms with Crippen LogP contribution < -0.4 is 4.90 Å². The molecule has 0 saturated carbocycles. The first-order valence-electron chi connectivity index (χ1n) is 8.44. The molecule has 1 unspecified atom stereocenters. The summed E-state index contributed by atoms with van der Waals surface area (Å²) in [6, 6.07) is 2.09. The molecule has 3 heterocycles. The zero-order chi connectivity index (χ0) is 18.4. The number of hydrogen-bond acceptors (Lipinski definition) is 5. The topological polar surface area (TPSA) is 91.5 Å². The van der Waals surface area contributed by atoms with Crippen molar-refractivity contribution in [2.45, 2.75) is 58.8 Å². The third-order valence-electron chi connectivity index (χ3n) is 4.44. The molecule has 134 valence electrons. The quantitative estimate of drug-likeness (QED) is 0.775. The van der Waals surface area contributed by atoms with Gasteiger partial charge in [-0.25, -0.2) is 4.79 Å². The number of anilines is 1. The maximum absolute atomic E-state index is 12.5. The molecule has 1 aromatic heterocycles. The SMILES string of the molecule is C[C@H]1Cn2ncc(N3CC(C#N)CC3=O)c2CN1C(=O)OC(C)(C)C. The minimum absolute atomic E-state index is 0.0590. The van der Waals surface area contributed by atoms with Crippen LogP contribution in [0.3, 0.4) is 0 Å². The van der Waals surface area contributed by atoms with Gasteiger partial charge in [0, 0.05) is 13.0 Å². The van der Waals surface area contributed by atoms with Crippen molar-refractivity contribution in [2.75, 3.05) is 11.4 Å². The maximum atomic E-state index is 12.5. The van der Waals surface area contributed by atoms with E-state index in [0.717, 1.165) is 5.69 Å². The first-order valence-corrected chi connectivity index (χ1v) is 8.44. The number of fused-ring (bicyclic) bond motifs is 1. The molecule has 8 nitrogen and oxygen atoms in total. The molecule has 0 aliphatic carbocycles. The molecule has 0 N–H and O–H groups in total. The number of carbonyl (C=O) groups excluding carboxylic acids is 2. The summed E-state index contributed by atoms with van der Waals surface area (Å²) >= 11 is 0. The van der Waals surface area contributed by atoms with E-state index in [1.807, 2.05) is 32.4 Å². The van der Waals surface area contributed by atoms with Crippen LogP contribution in [0.4, 0.5) is 10.5 Å². The first kappa shape index (κ1) is 17.3. The smallest absolute Gasteiger partial charge is 0.410 e. The average molecular weight is 345 g/mol. The molecule has 2 atom stereocenters. The summed E-state index contributed by atoms with van der Waals surface area (Å²) in [5, 5.41) is 13.4. The first-order chi connectivity index (χ1) is 11.7. The number of ether oxygens (including phenoxy) is 1. The molecule has 0 aromatic carbocycles. The summed E-state index contributed by atoms with van der Waals surface area (Å²) in [5.41, 5.74) is 0.918. The van der Waals surface area contributed by atoms with Gasteiger partial charge in [0.1, 0.15) is 5.60 Å². The van der Waals surface area contributed by atoms with Crippen molar-refractivity contribution in [3.05, 3.63) is 11.9 Å². The fraction of sp³-hybridized carbons (Fsp3) is 0.647. The van der Waals surface area contributed by atoms with Gasteiger partial charge in [-0.1, -0.05) is 0 Å². The van der Waals surface area contributed by atoms with Gasteiger partial charge in [-0.2, -0.15) is 10.4 Å². The van der Waals surface area contributed by atoms with Crippen molar-refractivity contribution in [3.63, 3.8) is 0 Å². The van der Waals surface area contributed by atoms with E-state index in [1.165, 1.54) is 0 Å². The highest BCUT2D eigenvalue weighted by Gasteiger charge is 2.37. The van der Waals surface area contributed by atoms with Crippen molar-refractivity contribution in [3.8, 4) is 6.07 Å². The van der Waals surface area contributed by atoms with Crippen LogP contribution in [0.2, 0.25) is 0 Å². The summed E-state index contributed by atoms with van der Waals surface area (Å²) in [6.45, 7) is 8.68. The lowest BCUT2D eigenvalue weighted by Crippen LogP contribution is -2.47. The molecule has 1 saturated heterocycles. The Morgan fingerprint density at radius 1 is 1.40 bits per heavy atom. The van der Waals surface area contributed by atoms with E-state index in [4.69, 9.17) is 10.00 Å². The molecule has 1 fully saturated rings. The lowest BCUT2D eigenvalue weighted by molar-refractivity contribution is -0.117. The highest BCUT2D eigenvalue weighted by Crippen LogP contribution is 2.31. The number of amides is 2. The van der Waals surface area contributed by atoms with Gasteiger partial charge in [-0.15, -0.1) is 0 Å². The highest BCUT2D eigenvalue weighted by atomic mass is 16.6. The van der Waals surface area contributed by atoms with Crippen LogP contribution in [0.5, 0.6) is 0 Å². The van der Waals surface area contributed by atoms with Gasteiger partial charge in [0.05, 0.1) is 48.7 Å². The zero-order valence-corrected chi connectivity index (χ0v) is 15.0. The summed E-state index contributed by atoms with van der Waals surface area (Å²) in [5.74, 6) is -0.377. The molecular weight excluding hydrogens is 322 g/mol. The van der Waals surface area contributed by atoms with Crippen LogP contribution in [0.15, 0.2) is 6.20 Å². The molecule has 8 heteroatoms. The lowest BCUT2D eigenvalue weighted by atomic mass is 10.1. The molecule has 2 aliphatic heterocycles. The van der Waals surface area contributed by atoms with Gasteiger partial charge in [0.25, 0.3) is 0 Å². The van der Waals surface area contributed by atoms with Crippen molar-refractivity contribution in [1.29, 1.82) is 5.26 Å². The summed E-state index contributed by atoms with van der Waals surface area (Å²) in [6.07, 6.45) is 1.51. The third kappa shape index (κ3) is 3.31. The second kappa shape index (κ2) is 6.06. The maximum Gasteiger partial charge on any atom is 0.410 e. The molecule has 0 spiro atoms. The summed E-state index contributed by atoms with van der Waals surface area (Å²) < 4.78 is 7.32. The van der Waals surface area contributed by atoms with Crippen LogP contribution in [0.25, 0.3) is 0 Å². The van der Waals surface area contributed by atoms with Crippen molar-refractivity contribution >= 4 is 17.7 Å². The van der Waals surface area contributed by atoms with Gasteiger partial charge < -0.3 is 9.64 Å². The Hall–Kier alpha value is -2.56. The largest absolute Gasteiger partial charge is 0.444 e.